The summed E-state index contributed by atoms with van der Waals surface area (Å²) in [5, 5.41) is 14.3. The number of aromatic amines is 1. The lowest BCUT2D eigenvalue weighted by atomic mass is 9.99. The Morgan fingerprint density at radius 3 is 3.03 bits per heavy atom. The number of imidazole rings is 1. The highest BCUT2D eigenvalue weighted by atomic mass is 19.1. The fourth-order valence-electron chi connectivity index (χ4n) is 3.86. The maximum atomic E-state index is 14.3. The number of hydrogen-bond acceptors (Lipinski definition) is 6. The van der Waals surface area contributed by atoms with Crippen molar-refractivity contribution in [1.82, 2.24) is 24.6 Å². The van der Waals surface area contributed by atoms with Gasteiger partial charge in [-0.25, -0.2) is 18.9 Å². The number of halogens is 1. The third kappa shape index (κ3) is 2.61. The second-order valence-corrected chi connectivity index (χ2v) is 6.69. The van der Waals surface area contributed by atoms with Crippen molar-refractivity contribution in [2.45, 2.75) is 12.5 Å². The van der Waals surface area contributed by atoms with E-state index in [1.165, 1.54) is 17.7 Å². The van der Waals surface area contributed by atoms with Crippen LogP contribution in [-0.2, 0) is 6.42 Å². The first kappa shape index (κ1) is 17.2. The number of rotatable bonds is 3. The Labute approximate surface area is 165 Å². The van der Waals surface area contributed by atoms with Gasteiger partial charge in [0.25, 0.3) is 0 Å². The van der Waals surface area contributed by atoms with E-state index in [0.29, 0.717) is 41.3 Å². The zero-order valence-electron chi connectivity index (χ0n) is 15.5. The van der Waals surface area contributed by atoms with Crippen molar-refractivity contribution in [3.05, 3.63) is 71.4 Å². The largest absolute Gasteiger partial charge is 0.495 e. The molecule has 0 saturated heterocycles. The minimum atomic E-state index is -0.420. The normalized spacial score (nSPS) is 15.9. The molecule has 1 aliphatic heterocycles. The number of nitrogens with zero attached hydrogens (tertiary/aromatic N) is 6. The van der Waals surface area contributed by atoms with Crippen LogP contribution in [0.3, 0.4) is 0 Å². The molecule has 0 spiro atoms. The fraction of sp³-hybridized carbons (Fsp3) is 0.200. The van der Waals surface area contributed by atoms with Crippen LogP contribution >= 0.6 is 0 Å². The summed E-state index contributed by atoms with van der Waals surface area (Å²) in [6.45, 7) is 0.588. The lowest BCUT2D eigenvalue weighted by molar-refractivity contribution is 0.412. The Hall–Kier alpha value is -3.93. The smallest absolute Gasteiger partial charge is 0.151 e. The van der Waals surface area contributed by atoms with Crippen molar-refractivity contribution < 1.29 is 9.13 Å². The van der Waals surface area contributed by atoms with Crippen molar-refractivity contribution in [3.8, 4) is 11.8 Å². The van der Waals surface area contributed by atoms with Crippen LogP contribution in [0.25, 0.3) is 5.52 Å². The first-order chi connectivity index (χ1) is 14.2. The van der Waals surface area contributed by atoms with E-state index in [1.54, 1.807) is 36.9 Å². The van der Waals surface area contributed by atoms with Gasteiger partial charge in [-0.3, -0.25) is 0 Å². The molecule has 0 saturated carbocycles. The first-order valence-electron chi connectivity index (χ1n) is 9.07. The number of anilines is 1. The highest BCUT2D eigenvalue weighted by Gasteiger charge is 2.35. The molecule has 8 nitrogen and oxygen atoms in total. The average Bonchev–Trinajstić information content (AvgIpc) is 3.39. The number of aromatic nitrogens is 5. The number of nitrogens with one attached hydrogen (secondary N) is 1. The Morgan fingerprint density at radius 1 is 1.34 bits per heavy atom. The number of nitriles is 1. The second-order valence-electron chi connectivity index (χ2n) is 6.69. The Balaban J connectivity index is 1.72. The van der Waals surface area contributed by atoms with Crippen molar-refractivity contribution in [3.63, 3.8) is 0 Å². The molecule has 0 radical (unpaired) electrons. The monoisotopic (exact) mass is 389 g/mol. The predicted octanol–water partition coefficient (Wildman–Crippen LogP) is 2.62. The van der Waals surface area contributed by atoms with Crippen molar-refractivity contribution >= 4 is 11.3 Å². The summed E-state index contributed by atoms with van der Waals surface area (Å²) in [4.78, 5) is 14.1. The molecule has 0 aliphatic carbocycles. The Bertz CT molecular complexity index is 1260. The second kappa shape index (κ2) is 6.60. The van der Waals surface area contributed by atoms with Gasteiger partial charge in [0.1, 0.15) is 34.8 Å². The molecule has 0 fully saturated rings. The summed E-state index contributed by atoms with van der Waals surface area (Å²) in [6, 6.07) is 8.15. The predicted molar refractivity (Wildman–Crippen MR) is 102 cm³/mol. The van der Waals surface area contributed by atoms with Gasteiger partial charge in [-0.1, -0.05) is 0 Å². The van der Waals surface area contributed by atoms with Crippen LogP contribution in [0.1, 0.15) is 28.7 Å². The number of fused-ring (bicyclic) bond motifs is 2. The number of hydrogen-bond donors (Lipinski definition) is 1. The van der Waals surface area contributed by atoms with E-state index < -0.39 is 6.04 Å². The third-order valence-electron chi connectivity index (χ3n) is 5.17. The van der Waals surface area contributed by atoms with Gasteiger partial charge in [-0.05, 0) is 24.3 Å². The maximum absolute atomic E-state index is 14.3. The maximum Gasteiger partial charge on any atom is 0.151 e. The SMILES string of the molecule is COc1ccnc(N2CCc3[nH]cnc3[C@@H]2c2cc3c(F)cccn3n2)c1C#N. The Kier molecular flexibility index (Phi) is 3.91. The number of pyridine rings is 2. The van der Waals surface area contributed by atoms with Gasteiger partial charge in [0.2, 0.25) is 0 Å². The van der Waals surface area contributed by atoms with Crippen molar-refractivity contribution in [2.75, 3.05) is 18.6 Å². The van der Waals surface area contributed by atoms with Gasteiger partial charge in [0.15, 0.2) is 5.82 Å². The number of H-pyrrole nitrogens is 1. The quantitative estimate of drug-likeness (QED) is 0.579. The first-order valence-corrected chi connectivity index (χ1v) is 9.07. The van der Waals surface area contributed by atoms with Crippen LogP contribution in [0.5, 0.6) is 5.75 Å². The molecule has 0 bridgehead atoms. The molecule has 0 aromatic carbocycles. The highest BCUT2D eigenvalue weighted by Crippen LogP contribution is 2.38. The minimum absolute atomic E-state index is 0.342. The van der Waals surface area contributed by atoms with Crippen molar-refractivity contribution in [2.24, 2.45) is 0 Å². The van der Waals surface area contributed by atoms with Gasteiger partial charge in [0.05, 0.1) is 24.8 Å². The standard InChI is InChI=1S/C20H16FN7O/c1-29-17-4-6-23-20(12(17)10-22)27-8-5-14-18(25-11-24-14)19(27)15-9-16-13(21)3-2-7-28(16)26-15/h2-4,6-7,9,11,19H,5,8H2,1H3,(H,24,25)/t19-/m0/s1. The van der Waals surface area contributed by atoms with E-state index >= 15 is 0 Å². The topological polar surface area (TPSA) is 95.1 Å². The molecule has 4 aromatic rings. The van der Waals surface area contributed by atoms with Crippen LogP contribution in [0, 0.1) is 17.1 Å². The fourth-order valence-corrected chi connectivity index (χ4v) is 3.86. The highest BCUT2D eigenvalue weighted by molar-refractivity contribution is 5.63. The van der Waals surface area contributed by atoms with E-state index in [-0.39, 0.29) is 5.82 Å². The summed E-state index contributed by atoms with van der Waals surface area (Å²) in [6.07, 6.45) is 5.65. The molecule has 5 heterocycles. The van der Waals surface area contributed by atoms with Crippen LogP contribution in [-0.4, -0.2) is 38.2 Å². The van der Waals surface area contributed by atoms with Gasteiger partial charge in [0, 0.05) is 31.1 Å². The lowest BCUT2D eigenvalue weighted by Gasteiger charge is -2.35. The molecule has 1 N–H and O–H groups in total. The van der Waals surface area contributed by atoms with Gasteiger partial charge >= 0.3 is 0 Å². The van der Waals surface area contributed by atoms with E-state index in [4.69, 9.17) is 4.74 Å². The summed E-state index contributed by atoms with van der Waals surface area (Å²) in [7, 11) is 1.52. The molecule has 4 aromatic heterocycles. The molecule has 1 atom stereocenters. The minimum Gasteiger partial charge on any atom is -0.495 e. The van der Waals surface area contributed by atoms with Gasteiger partial charge in [-0.15, -0.1) is 0 Å². The van der Waals surface area contributed by atoms with Gasteiger partial charge in [-0.2, -0.15) is 10.4 Å². The Morgan fingerprint density at radius 2 is 2.24 bits per heavy atom. The lowest BCUT2D eigenvalue weighted by Crippen LogP contribution is -2.37. The number of ether oxygens (including phenoxy) is 1. The molecular weight excluding hydrogens is 373 g/mol. The van der Waals surface area contributed by atoms with Crippen LogP contribution in [0.15, 0.2) is 43.0 Å². The molecule has 1 aliphatic rings. The summed E-state index contributed by atoms with van der Waals surface area (Å²) < 4.78 is 21.1. The molecule has 144 valence electrons. The summed E-state index contributed by atoms with van der Waals surface area (Å²) in [5.74, 6) is 0.584. The number of methoxy groups -OCH3 is 1. The summed E-state index contributed by atoms with van der Waals surface area (Å²) in [5.41, 5.74) is 3.12. The molecule has 0 unspecified atom stereocenters. The molecule has 29 heavy (non-hydrogen) atoms. The van der Waals surface area contributed by atoms with Crippen molar-refractivity contribution in [1.29, 1.82) is 5.26 Å². The van der Waals surface area contributed by atoms with E-state index in [2.05, 4.69) is 26.1 Å². The third-order valence-corrected chi connectivity index (χ3v) is 5.17. The zero-order chi connectivity index (χ0) is 20.0. The van der Waals surface area contributed by atoms with Crippen LogP contribution in [0.4, 0.5) is 10.2 Å². The van der Waals surface area contributed by atoms with E-state index in [9.17, 15) is 9.65 Å². The van der Waals surface area contributed by atoms with Crippen LogP contribution < -0.4 is 9.64 Å². The van der Waals surface area contributed by atoms with Gasteiger partial charge < -0.3 is 14.6 Å². The molecular formula is C20H16FN7O. The average molecular weight is 389 g/mol. The molecule has 9 heteroatoms. The summed E-state index contributed by atoms with van der Waals surface area (Å²) >= 11 is 0. The van der Waals surface area contributed by atoms with E-state index in [0.717, 1.165) is 11.4 Å². The molecule has 0 amide bonds. The molecule has 5 rings (SSSR count). The zero-order valence-corrected chi connectivity index (χ0v) is 15.5. The van der Waals surface area contributed by atoms with E-state index in [1.807, 2.05) is 4.90 Å². The van der Waals surface area contributed by atoms with Crippen LogP contribution in [0.2, 0.25) is 0 Å².